The molecule has 8 aliphatic heterocycles. The third-order valence-electron chi connectivity index (χ3n) is 9.03. The summed E-state index contributed by atoms with van der Waals surface area (Å²) < 4.78 is 8.20. The van der Waals surface area contributed by atoms with Crippen LogP contribution in [0, 0.1) is 0 Å². The van der Waals surface area contributed by atoms with Crippen LogP contribution in [0.25, 0.3) is 22.3 Å². The highest BCUT2D eigenvalue weighted by Crippen LogP contribution is 2.20. The van der Waals surface area contributed by atoms with Gasteiger partial charge in [-0.2, -0.15) is 4.57 Å². The fourth-order valence-electron chi connectivity index (χ4n) is 6.44. The van der Waals surface area contributed by atoms with Crippen LogP contribution >= 0.6 is 0 Å². The van der Waals surface area contributed by atoms with Crippen molar-refractivity contribution in [2.75, 3.05) is 0 Å². The fraction of sp³-hybridized carbons (Fsp3) is 0.263. The highest BCUT2D eigenvalue weighted by molar-refractivity contribution is 5.70. The van der Waals surface area contributed by atoms with Crippen molar-refractivity contribution >= 4 is 11.8 Å². The SMILES string of the molecule is [O-]C1=N[C@H]2CCCC[C@@H]2[NH+]=C(O)C[n+]2ccc(cc2)-c2cc[n+](cc2)Cc2ccc(cc2)C[n+]2ccc(cc2)-c2cc[n+](cc2)C1. The van der Waals surface area contributed by atoms with E-state index < -0.39 is 0 Å². The van der Waals surface area contributed by atoms with Crippen molar-refractivity contribution in [1.29, 1.82) is 0 Å². The quantitative estimate of drug-likeness (QED) is 0.259. The average Bonchev–Trinajstić information content (AvgIpc) is 3.08. The van der Waals surface area contributed by atoms with E-state index in [1.165, 1.54) is 11.1 Å². The summed E-state index contributed by atoms with van der Waals surface area (Å²) in [6, 6.07) is 25.3. The molecule has 14 rings (SSSR count). The summed E-state index contributed by atoms with van der Waals surface area (Å²) in [6.45, 7) is 2.12. The number of nitrogens with zero attached hydrogens (tertiary/aromatic N) is 5. The molecule has 1 saturated carbocycles. The Morgan fingerprint density at radius 1 is 0.543 bits per heavy atom. The van der Waals surface area contributed by atoms with Gasteiger partial charge < -0.3 is 10.2 Å². The van der Waals surface area contributed by atoms with Gasteiger partial charge in [0, 0.05) is 72.0 Å². The molecule has 9 aliphatic rings. The molecule has 46 heavy (non-hydrogen) atoms. The van der Waals surface area contributed by atoms with E-state index in [4.69, 9.17) is 0 Å². The van der Waals surface area contributed by atoms with E-state index in [0.717, 1.165) is 61.0 Å². The Labute approximate surface area is 269 Å². The third-order valence-corrected chi connectivity index (χ3v) is 9.03. The van der Waals surface area contributed by atoms with Gasteiger partial charge in [-0.15, -0.1) is 0 Å². The molecule has 2 atom stereocenters. The largest absolute Gasteiger partial charge is 0.858 e. The first kappa shape index (κ1) is 29.5. The van der Waals surface area contributed by atoms with Crippen LogP contribution in [0.2, 0.25) is 0 Å². The van der Waals surface area contributed by atoms with E-state index in [1.54, 1.807) is 0 Å². The van der Waals surface area contributed by atoms with E-state index in [-0.39, 0.29) is 30.4 Å². The lowest BCUT2D eigenvalue weighted by molar-refractivity contribution is -0.691. The first-order valence-corrected chi connectivity index (χ1v) is 16.1. The van der Waals surface area contributed by atoms with Crippen molar-refractivity contribution in [3.05, 3.63) is 133 Å². The zero-order valence-corrected chi connectivity index (χ0v) is 26.0. The highest BCUT2D eigenvalue weighted by atomic mass is 16.3. The molecule has 0 radical (unpaired) electrons. The first-order chi connectivity index (χ1) is 22.5. The summed E-state index contributed by atoms with van der Waals surface area (Å²) in [6.07, 6.45) is 20.1. The maximum atomic E-state index is 13.0. The molecule has 0 saturated heterocycles. The Bertz CT molecular complexity index is 1700. The Morgan fingerprint density at radius 3 is 1.39 bits per heavy atom. The average molecular weight is 613 g/mol. The number of benzene rings is 1. The van der Waals surface area contributed by atoms with Gasteiger partial charge in [0.15, 0.2) is 75.3 Å². The summed E-state index contributed by atoms with van der Waals surface area (Å²) in [5.74, 6) is 0.0305. The number of aliphatic hydroxyl groups is 1. The van der Waals surface area contributed by atoms with Gasteiger partial charge in [0.1, 0.15) is 6.04 Å². The zero-order chi connectivity index (χ0) is 31.3. The lowest BCUT2D eigenvalue weighted by Crippen LogP contribution is -2.84. The van der Waals surface area contributed by atoms with Crippen molar-refractivity contribution in [1.82, 2.24) is 0 Å². The van der Waals surface area contributed by atoms with Crippen molar-refractivity contribution in [3.8, 4) is 22.3 Å². The molecule has 12 heterocycles. The molecule has 0 spiro atoms. The topological polar surface area (TPSA) is 85.1 Å². The molecule has 1 aromatic carbocycles. The highest BCUT2D eigenvalue weighted by Gasteiger charge is 2.30. The number of aliphatic imine (C=N–C) groups is 1. The van der Waals surface area contributed by atoms with Crippen LogP contribution < -0.4 is 28.4 Å². The number of aliphatic hydroxyl groups excluding tert-OH is 1. The van der Waals surface area contributed by atoms with E-state index in [0.29, 0.717) is 6.54 Å². The summed E-state index contributed by atoms with van der Waals surface area (Å²) in [5, 5.41) is 23.9. The molecule has 1 fully saturated rings. The standard InChI is InChI=1S/C38H38N6O2/c45-37-27-43-21-13-33(14-22-43)31-9-17-41(18-10-31)25-29-5-7-30(8-6-29)26-42-19-11-32(12-20-42)34-15-23-44(24-16-34)28-38(46)40-36-4-2-1-3-35(36)39-37/h5-24,35-36H,1-4,25-28H2/q+2/p+2/t35-,36-/m0/s1. The number of fused-ring (bicyclic) bond motifs is 1. The van der Waals surface area contributed by atoms with E-state index in [9.17, 15) is 10.2 Å². The van der Waals surface area contributed by atoms with E-state index in [1.807, 2.05) is 46.1 Å². The molecule has 5 aromatic rings. The Balaban J connectivity index is 1.17. The van der Waals surface area contributed by atoms with Crippen LogP contribution in [0.3, 0.4) is 0 Å². The molecule has 230 valence electrons. The molecule has 0 unspecified atom stereocenters. The number of pyridine rings is 4. The van der Waals surface area contributed by atoms with Gasteiger partial charge in [-0.1, -0.05) is 30.7 Å². The maximum absolute atomic E-state index is 13.0. The van der Waals surface area contributed by atoms with Crippen molar-refractivity contribution in [2.45, 2.75) is 63.9 Å². The molecule has 1 aliphatic carbocycles. The van der Waals surface area contributed by atoms with Gasteiger partial charge in [0.2, 0.25) is 0 Å². The fourth-order valence-corrected chi connectivity index (χ4v) is 6.44. The summed E-state index contributed by atoms with van der Waals surface area (Å²) in [4.78, 5) is 7.88. The molecule has 10 bridgehead atoms. The van der Waals surface area contributed by atoms with Crippen molar-refractivity contribution in [2.24, 2.45) is 4.99 Å². The Kier molecular flexibility index (Phi) is 8.59. The van der Waals surface area contributed by atoms with E-state index >= 15 is 0 Å². The van der Waals surface area contributed by atoms with Crippen LogP contribution in [-0.4, -0.2) is 29.0 Å². The lowest BCUT2D eigenvalue weighted by atomic mass is 9.91. The van der Waals surface area contributed by atoms with Gasteiger partial charge in [0.25, 0.3) is 6.54 Å². The number of hydrogen-bond acceptors (Lipinski definition) is 2. The minimum absolute atomic E-state index is 0.0695. The van der Waals surface area contributed by atoms with Crippen molar-refractivity contribution < 1.29 is 33.5 Å². The summed E-state index contributed by atoms with van der Waals surface area (Å²) in [5.41, 5.74) is 6.97. The van der Waals surface area contributed by atoms with Crippen LogP contribution in [-0.2, 0) is 26.2 Å². The van der Waals surface area contributed by atoms with Gasteiger partial charge in [0.05, 0.1) is 0 Å². The zero-order valence-electron chi connectivity index (χ0n) is 26.0. The van der Waals surface area contributed by atoms with Crippen LogP contribution in [0.5, 0.6) is 0 Å². The van der Waals surface area contributed by atoms with Gasteiger partial charge in [-0.3, -0.25) is 4.99 Å². The monoisotopic (exact) mass is 612 g/mol. The minimum atomic E-state index is -0.161. The molecule has 4 aromatic heterocycles. The van der Waals surface area contributed by atoms with Crippen LogP contribution in [0.1, 0.15) is 36.8 Å². The maximum Gasteiger partial charge on any atom is 0.400 e. The first-order valence-electron chi connectivity index (χ1n) is 16.1. The second kappa shape index (κ2) is 13.4. The van der Waals surface area contributed by atoms with Gasteiger partial charge in [-0.25, -0.2) is 18.7 Å². The smallest absolute Gasteiger partial charge is 0.400 e. The number of nitrogens with one attached hydrogen (secondary N) is 1. The molecule has 8 nitrogen and oxygen atoms in total. The summed E-state index contributed by atoms with van der Waals surface area (Å²) >= 11 is 0. The minimum Gasteiger partial charge on any atom is -0.858 e. The molecule has 8 heteroatoms. The predicted molar refractivity (Wildman–Crippen MR) is 171 cm³/mol. The molecule has 0 amide bonds. The lowest BCUT2D eigenvalue weighted by Gasteiger charge is -2.23. The normalized spacial score (nSPS) is 18.6. The Hall–Kier alpha value is -5.24. The summed E-state index contributed by atoms with van der Waals surface area (Å²) in [7, 11) is 0. The van der Waals surface area contributed by atoms with E-state index in [2.05, 4.69) is 105 Å². The molecular weight excluding hydrogens is 572 g/mol. The van der Waals surface area contributed by atoms with Crippen molar-refractivity contribution in [3.63, 3.8) is 0 Å². The van der Waals surface area contributed by atoms with Gasteiger partial charge in [-0.05, 0) is 35.1 Å². The van der Waals surface area contributed by atoms with Gasteiger partial charge >= 0.3 is 5.90 Å². The number of aromatic nitrogens is 4. The molecule has 2 N–H and O–H groups in total. The van der Waals surface area contributed by atoms with Crippen LogP contribution in [0.15, 0.2) is 127 Å². The predicted octanol–water partition coefficient (Wildman–Crippen LogP) is 1.39. The second-order valence-corrected chi connectivity index (χ2v) is 12.4. The Morgan fingerprint density at radius 2 is 0.935 bits per heavy atom. The molecular formula is C38H40N6O2+4. The second-order valence-electron chi connectivity index (χ2n) is 12.4. The number of rotatable bonds is 0. The number of hydrogen-bond donors (Lipinski definition) is 2. The van der Waals surface area contributed by atoms with Crippen LogP contribution in [0.4, 0.5) is 0 Å². The third kappa shape index (κ3) is 7.18.